The number of aromatic nitrogens is 2. The molecule has 0 unspecified atom stereocenters. The molecule has 162 valence electrons. The van der Waals surface area contributed by atoms with Crippen molar-refractivity contribution in [1.29, 1.82) is 0 Å². The molecule has 9 nitrogen and oxygen atoms in total. The van der Waals surface area contributed by atoms with E-state index >= 15 is 0 Å². The van der Waals surface area contributed by atoms with Crippen molar-refractivity contribution in [2.24, 2.45) is 0 Å². The Morgan fingerprint density at radius 3 is 2.39 bits per heavy atom. The predicted molar refractivity (Wildman–Crippen MR) is 121 cm³/mol. The number of nitrogens with one attached hydrogen (secondary N) is 2. The lowest BCUT2D eigenvalue weighted by Crippen LogP contribution is -2.49. The van der Waals surface area contributed by atoms with Gasteiger partial charge in [-0.2, -0.15) is 0 Å². The smallest absolute Gasteiger partial charge is 0.264 e. The van der Waals surface area contributed by atoms with Crippen LogP contribution in [0, 0.1) is 0 Å². The first-order valence-corrected chi connectivity index (χ1v) is 11.6. The Balaban J connectivity index is 1.30. The van der Waals surface area contributed by atoms with Crippen LogP contribution < -0.4 is 10.0 Å². The molecule has 4 rings (SSSR count). The van der Waals surface area contributed by atoms with Gasteiger partial charge in [0.2, 0.25) is 5.95 Å². The summed E-state index contributed by atoms with van der Waals surface area (Å²) >= 11 is 5.53. The average Bonchev–Trinajstić information content (AvgIpc) is 3.28. The van der Waals surface area contributed by atoms with E-state index in [-0.39, 0.29) is 10.8 Å². The molecule has 0 spiro atoms. The van der Waals surface area contributed by atoms with Crippen molar-refractivity contribution in [2.75, 3.05) is 36.2 Å². The van der Waals surface area contributed by atoms with E-state index in [1.165, 1.54) is 24.5 Å². The molecule has 0 amide bonds. The van der Waals surface area contributed by atoms with Gasteiger partial charge >= 0.3 is 0 Å². The van der Waals surface area contributed by atoms with Crippen molar-refractivity contribution in [3.63, 3.8) is 0 Å². The van der Waals surface area contributed by atoms with Gasteiger partial charge in [-0.3, -0.25) is 4.90 Å². The molecule has 1 aliphatic heterocycles. The molecule has 1 aromatic carbocycles. The van der Waals surface area contributed by atoms with E-state index in [9.17, 15) is 8.42 Å². The molecule has 0 bridgehead atoms. The van der Waals surface area contributed by atoms with Gasteiger partial charge in [0.05, 0.1) is 17.7 Å². The first-order chi connectivity index (χ1) is 15.0. The number of hydrogen-bond donors (Lipinski definition) is 2. The van der Waals surface area contributed by atoms with Gasteiger partial charge in [-0.1, -0.05) is 0 Å². The van der Waals surface area contributed by atoms with E-state index in [0.29, 0.717) is 5.11 Å². The second-order valence-electron chi connectivity index (χ2n) is 6.97. The molecule has 1 saturated heterocycles. The van der Waals surface area contributed by atoms with Crippen LogP contribution >= 0.6 is 12.2 Å². The van der Waals surface area contributed by atoms with E-state index in [0.717, 1.165) is 44.2 Å². The summed E-state index contributed by atoms with van der Waals surface area (Å²) in [4.78, 5) is 12.3. The number of hydrogen-bond acceptors (Lipinski definition) is 7. The molecule has 1 fully saturated rings. The molecule has 3 aromatic rings. The fraction of sp³-hybridized carbons (Fsp3) is 0.250. The van der Waals surface area contributed by atoms with Crippen LogP contribution in [0.4, 0.5) is 11.6 Å². The maximum Gasteiger partial charge on any atom is 0.264 e. The molecule has 31 heavy (non-hydrogen) atoms. The molecule has 2 aromatic heterocycles. The largest absolute Gasteiger partial charge is 0.468 e. The maximum absolute atomic E-state index is 12.5. The quantitative estimate of drug-likeness (QED) is 0.539. The van der Waals surface area contributed by atoms with Gasteiger partial charge in [0.1, 0.15) is 5.76 Å². The number of rotatable bonds is 6. The van der Waals surface area contributed by atoms with Crippen LogP contribution in [0.25, 0.3) is 0 Å². The van der Waals surface area contributed by atoms with Gasteiger partial charge in [0.25, 0.3) is 10.0 Å². The van der Waals surface area contributed by atoms with Crippen LogP contribution in [0.5, 0.6) is 0 Å². The summed E-state index contributed by atoms with van der Waals surface area (Å²) < 4.78 is 32.7. The highest BCUT2D eigenvalue weighted by Gasteiger charge is 2.20. The fourth-order valence-electron chi connectivity index (χ4n) is 3.18. The summed E-state index contributed by atoms with van der Waals surface area (Å²) in [5.74, 6) is 0.981. The van der Waals surface area contributed by atoms with Gasteiger partial charge in [0, 0.05) is 44.3 Å². The topological polar surface area (TPSA) is 104 Å². The number of piperazine rings is 1. The van der Waals surface area contributed by atoms with E-state index in [1.54, 1.807) is 24.5 Å². The van der Waals surface area contributed by atoms with E-state index in [2.05, 4.69) is 29.8 Å². The molecule has 0 saturated carbocycles. The third-order valence-corrected chi connectivity index (χ3v) is 6.53. The number of sulfonamides is 1. The van der Waals surface area contributed by atoms with Crippen molar-refractivity contribution < 1.29 is 12.8 Å². The van der Waals surface area contributed by atoms with Crippen LogP contribution in [-0.2, 0) is 16.6 Å². The molecule has 1 aliphatic rings. The molecular formula is C20H22N6O3S2. The zero-order valence-electron chi connectivity index (χ0n) is 16.6. The van der Waals surface area contributed by atoms with Crippen molar-refractivity contribution in [2.45, 2.75) is 11.4 Å². The first-order valence-electron chi connectivity index (χ1n) is 9.70. The Bertz CT molecular complexity index is 1100. The molecule has 2 N–H and O–H groups in total. The van der Waals surface area contributed by atoms with E-state index in [1.807, 2.05) is 12.1 Å². The lowest BCUT2D eigenvalue weighted by molar-refractivity contribution is 0.166. The first kappa shape index (κ1) is 21.2. The van der Waals surface area contributed by atoms with Crippen molar-refractivity contribution in [3.8, 4) is 0 Å². The van der Waals surface area contributed by atoms with Gasteiger partial charge in [0.15, 0.2) is 5.11 Å². The SMILES string of the molecule is O=S(=O)(Nc1ncccn1)c1ccc(NC(=S)N2CCN(Cc3ccco3)CC2)cc1. The molecule has 0 radical (unpaired) electrons. The highest BCUT2D eigenvalue weighted by atomic mass is 32.2. The Morgan fingerprint density at radius 1 is 1.03 bits per heavy atom. The molecule has 11 heteroatoms. The Hall–Kier alpha value is -3.02. The molecule has 0 atom stereocenters. The van der Waals surface area contributed by atoms with Crippen LogP contribution in [-0.4, -0.2) is 59.5 Å². The van der Waals surface area contributed by atoms with Crippen molar-refractivity contribution in [1.82, 2.24) is 19.8 Å². The number of furan rings is 1. The number of nitrogens with zero attached hydrogens (tertiary/aromatic N) is 4. The highest BCUT2D eigenvalue weighted by molar-refractivity contribution is 7.92. The van der Waals surface area contributed by atoms with Gasteiger partial charge < -0.3 is 14.6 Å². The lowest BCUT2D eigenvalue weighted by Gasteiger charge is -2.35. The highest BCUT2D eigenvalue weighted by Crippen LogP contribution is 2.17. The van der Waals surface area contributed by atoms with Gasteiger partial charge in [-0.05, 0) is 54.7 Å². The minimum Gasteiger partial charge on any atom is -0.468 e. The van der Waals surface area contributed by atoms with Crippen molar-refractivity contribution in [3.05, 3.63) is 66.9 Å². The van der Waals surface area contributed by atoms with Gasteiger partial charge in [-0.15, -0.1) is 0 Å². The minimum atomic E-state index is -3.77. The van der Waals surface area contributed by atoms with E-state index in [4.69, 9.17) is 16.6 Å². The molecule has 3 heterocycles. The lowest BCUT2D eigenvalue weighted by atomic mass is 10.3. The van der Waals surface area contributed by atoms with Crippen molar-refractivity contribution >= 4 is 39.0 Å². The summed E-state index contributed by atoms with van der Waals surface area (Å²) in [6.45, 7) is 4.17. The summed E-state index contributed by atoms with van der Waals surface area (Å²) in [6.07, 6.45) is 4.62. The number of benzene rings is 1. The number of thiocarbonyl (C=S) groups is 1. The van der Waals surface area contributed by atoms with Crippen LogP contribution in [0.2, 0.25) is 0 Å². The minimum absolute atomic E-state index is 0.0251. The number of anilines is 2. The van der Waals surface area contributed by atoms with Crippen LogP contribution in [0.3, 0.4) is 0 Å². The molecular weight excluding hydrogens is 436 g/mol. The maximum atomic E-state index is 12.5. The fourth-order valence-corrected chi connectivity index (χ4v) is 4.44. The monoisotopic (exact) mass is 458 g/mol. The normalized spacial score (nSPS) is 14.9. The Morgan fingerprint density at radius 2 is 1.74 bits per heavy atom. The third kappa shape index (κ3) is 5.57. The van der Waals surface area contributed by atoms with E-state index < -0.39 is 10.0 Å². The zero-order valence-corrected chi connectivity index (χ0v) is 18.3. The standard InChI is InChI=1S/C20H22N6O3S2/c27-31(28,24-19-21-8-2-9-22-19)18-6-4-16(5-7-18)23-20(30)26-12-10-25(11-13-26)15-17-3-1-14-29-17/h1-9,14H,10-13,15H2,(H,23,30)(H,21,22,24). The van der Waals surface area contributed by atoms with Crippen LogP contribution in [0.15, 0.2) is 70.4 Å². The second kappa shape index (κ2) is 9.41. The molecule has 0 aliphatic carbocycles. The van der Waals surface area contributed by atoms with Crippen LogP contribution in [0.1, 0.15) is 5.76 Å². The third-order valence-electron chi connectivity index (χ3n) is 4.83. The average molecular weight is 459 g/mol. The Labute approximate surface area is 186 Å². The summed E-state index contributed by atoms with van der Waals surface area (Å²) in [5.41, 5.74) is 0.720. The summed E-state index contributed by atoms with van der Waals surface area (Å²) in [5, 5.41) is 3.80. The summed E-state index contributed by atoms with van der Waals surface area (Å²) in [7, 11) is -3.77. The predicted octanol–water partition coefficient (Wildman–Crippen LogP) is 2.39. The second-order valence-corrected chi connectivity index (χ2v) is 9.04. The summed E-state index contributed by atoms with van der Waals surface area (Å²) in [6, 6.07) is 11.9. The van der Waals surface area contributed by atoms with Gasteiger partial charge in [-0.25, -0.2) is 23.1 Å². The Kier molecular flexibility index (Phi) is 6.44. The zero-order chi connectivity index (χ0) is 21.7.